The molecule has 5 heterocycles. The molecular formula is C44H73N4O17Si8. The highest BCUT2D eigenvalue weighted by Gasteiger charge is 2.59. The Labute approximate surface area is 440 Å². The molecule has 0 atom stereocenters. The molecule has 0 aliphatic carbocycles. The predicted octanol–water partition coefficient (Wildman–Crippen LogP) is 4.72. The molecule has 0 aromatic rings. The highest BCUT2D eigenvalue weighted by atomic mass is 28.6. The van der Waals surface area contributed by atoms with Crippen LogP contribution in [0.25, 0.3) is 0 Å². The zero-order chi connectivity index (χ0) is 54.9. The average Bonchev–Trinajstić information content (AvgIpc) is 3.74. The number of rotatable bonds is 24. The first kappa shape index (κ1) is 60.8. The molecule has 8 amide bonds. The lowest BCUT2D eigenvalue weighted by molar-refractivity contribution is -0.139. The van der Waals surface area contributed by atoms with Crippen molar-refractivity contribution in [2.75, 3.05) is 26.2 Å². The van der Waals surface area contributed by atoms with Gasteiger partial charge >= 0.3 is 37.6 Å². The van der Waals surface area contributed by atoms with Gasteiger partial charge in [-0.05, 0) is 158 Å². The van der Waals surface area contributed by atoms with Crippen molar-refractivity contribution in [3.8, 4) is 0 Å². The minimum Gasteiger partial charge on any atom is -0.414 e. The molecule has 0 spiro atoms. The number of hydrogen-bond donors (Lipinski definition) is 1. The van der Waals surface area contributed by atoms with Crippen molar-refractivity contribution in [1.29, 1.82) is 0 Å². The molecule has 5 rings (SSSR count). The Bertz CT molecular complexity index is 2240. The SMILES string of the molecule is CC1=C(C)C(=O)N(CCC[Si](C)(C)O[Si]2O[Si](O[Si](C)(C)CCCN3C(=O)C(C)=C(C)C3=O)O[Si](O)(O[Si](C)(C)CCCN3C(=O)C(C)=C(C)C3=O)O[Si](O[Si](C)(C)CCCN3C(=O)C(C)=C(C)C3=O)O2)C1=O. The van der Waals surface area contributed by atoms with E-state index in [-0.39, 0.29) is 73.4 Å². The fourth-order valence-corrected chi connectivity index (χ4v) is 31.7. The standard InChI is InChI=1S/C44H73N4O17Si8/c1-29-30(2)38(50)45(37(29)49)21-17-25-69(9,10)60-66-58-67(61-70(11,12)26-18-22-46-39(51)31(3)32(4)40(46)52)63-73(57,65-72(15,16)28-20-24-48-43(55)35(7)36(8)44(48)56)64-68(59-66)62-71(13,14)27-19-23-47-41(53)33(5)34(6)42(47)54/h57H,17-28H2,1-16H3. The Balaban J connectivity index is 1.40. The van der Waals surface area contributed by atoms with Gasteiger partial charge in [0, 0.05) is 70.8 Å². The molecule has 1 N–H and O–H groups in total. The van der Waals surface area contributed by atoms with Crippen molar-refractivity contribution in [3.05, 3.63) is 44.6 Å². The molecule has 1 saturated heterocycles. The van der Waals surface area contributed by atoms with Gasteiger partial charge in [0.2, 0.25) is 0 Å². The van der Waals surface area contributed by atoms with Gasteiger partial charge in [-0.3, -0.25) is 58.0 Å². The molecule has 403 valence electrons. The van der Waals surface area contributed by atoms with E-state index in [1.807, 2.05) is 52.4 Å². The maximum absolute atomic E-state index is 12.9. The van der Waals surface area contributed by atoms with Crippen molar-refractivity contribution in [2.24, 2.45) is 0 Å². The Morgan fingerprint density at radius 1 is 0.384 bits per heavy atom. The molecule has 1 fully saturated rings. The highest BCUT2D eigenvalue weighted by molar-refractivity contribution is 6.86. The summed E-state index contributed by atoms with van der Waals surface area (Å²) in [4.78, 5) is 120. The second-order valence-electron chi connectivity index (χ2n) is 21.6. The molecule has 5 aliphatic heterocycles. The lowest BCUT2D eigenvalue weighted by Crippen LogP contribution is -2.65. The summed E-state index contributed by atoms with van der Waals surface area (Å²) in [6, 6.07) is 1.73. The predicted molar refractivity (Wildman–Crippen MR) is 282 cm³/mol. The van der Waals surface area contributed by atoms with E-state index < -0.39 is 70.9 Å². The van der Waals surface area contributed by atoms with Gasteiger partial charge < -0.3 is 37.7 Å². The van der Waals surface area contributed by atoms with E-state index in [9.17, 15) is 43.2 Å². The lowest BCUT2D eigenvalue weighted by atomic mass is 10.2. The van der Waals surface area contributed by atoms with Crippen LogP contribution in [0.2, 0.25) is 76.6 Å². The second kappa shape index (κ2) is 23.6. The van der Waals surface area contributed by atoms with E-state index in [4.69, 9.17) is 32.9 Å². The average molecular weight is 1150 g/mol. The summed E-state index contributed by atoms with van der Waals surface area (Å²) >= 11 is 0. The Hall–Kier alpha value is -3.10. The number of hydrogen-bond acceptors (Lipinski definition) is 17. The molecule has 0 aromatic heterocycles. The number of imide groups is 4. The summed E-state index contributed by atoms with van der Waals surface area (Å²) in [7, 11) is -25.5. The minimum atomic E-state index is -4.90. The van der Waals surface area contributed by atoms with Crippen LogP contribution in [0.4, 0.5) is 0 Å². The Morgan fingerprint density at radius 3 is 0.822 bits per heavy atom. The molecule has 21 nitrogen and oxygen atoms in total. The van der Waals surface area contributed by atoms with E-state index in [2.05, 4.69) is 0 Å². The van der Waals surface area contributed by atoms with Crippen molar-refractivity contribution < 1.29 is 76.1 Å². The van der Waals surface area contributed by atoms with E-state index in [0.717, 1.165) is 0 Å². The van der Waals surface area contributed by atoms with Crippen LogP contribution in [0.15, 0.2) is 44.6 Å². The third kappa shape index (κ3) is 14.9. The maximum Gasteiger partial charge on any atom is 0.651 e. The van der Waals surface area contributed by atoms with Crippen molar-refractivity contribution in [3.63, 3.8) is 0 Å². The quantitative estimate of drug-likeness (QED) is 0.102. The number of amides is 8. The zero-order valence-corrected chi connectivity index (χ0v) is 53.3. The summed E-state index contributed by atoms with van der Waals surface area (Å²) in [6.45, 7) is 28.9. The highest BCUT2D eigenvalue weighted by Crippen LogP contribution is 2.31. The second-order valence-corrected chi connectivity index (χ2v) is 46.7. The van der Waals surface area contributed by atoms with Gasteiger partial charge in [-0.15, -0.1) is 0 Å². The zero-order valence-electron chi connectivity index (χ0n) is 45.3. The number of carbonyl (C=O) groups is 8. The number of nitrogens with zero attached hydrogens (tertiary/aromatic N) is 4. The van der Waals surface area contributed by atoms with Crippen LogP contribution in [0.5, 0.6) is 0 Å². The molecule has 0 aromatic carbocycles. The summed E-state index contributed by atoms with van der Waals surface area (Å²) in [5.74, 6) is -2.69. The normalized spacial score (nSPS) is 20.9. The van der Waals surface area contributed by atoms with Crippen molar-refractivity contribution >= 4 is 118 Å². The fraction of sp³-hybridized carbons (Fsp3) is 0.636. The first-order chi connectivity index (χ1) is 33.6. The monoisotopic (exact) mass is 1150 g/mol. The molecule has 0 saturated carbocycles. The van der Waals surface area contributed by atoms with Crippen LogP contribution in [-0.4, -0.2) is 169 Å². The van der Waals surface area contributed by atoms with Gasteiger partial charge in [-0.1, -0.05) is 0 Å². The van der Waals surface area contributed by atoms with E-state index in [0.29, 0.717) is 94.4 Å². The third-order valence-corrected chi connectivity index (χ3v) is 37.8. The van der Waals surface area contributed by atoms with Gasteiger partial charge in [0.1, 0.15) is 0 Å². The molecule has 29 heteroatoms. The molecule has 0 bridgehead atoms. The summed E-state index contributed by atoms with van der Waals surface area (Å²) in [5, 5.41) is 0. The van der Waals surface area contributed by atoms with Gasteiger partial charge in [0.05, 0.1) is 0 Å². The smallest absolute Gasteiger partial charge is 0.414 e. The van der Waals surface area contributed by atoms with Crippen LogP contribution in [-0.2, 0) is 71.3 Å². The van der Waals surface area contributed by atoms with Crippen molar-refractivity contribution in [2.45, 2.75) is 158 Å². The molecule has 0 unspecified atom stereocenters. The van der Waals surface area contributed by atoms with Crippen LogP contribution in [0.3, 0.4) is 0 Å². The fourth-order valence-electron chi connectivity index (χ4n) is 8.56. The van der Waals surface area contributed by atoms with E-state index in [1.165, 1.54) is 19.6 Å². The number of carbonyl (C=O) groups excluding carboxylic acids is 8. The molecule has 3 radical (unpaired) electrons. The van der Waals surface area contributed by atoms with E-state index >= 15 is 0 Å². The van der Waals surface area contributed by atoms with Crippen LogP contribution < -0.4 is 0 Å². The first-order valence-electron chi connectivity index (χ1n) is 24.6. The third-order valence-electron chi connectivity index (χ3n) is 13.7. The summed E-state index contributed by atoms with van der Waals surface area (Å²) in [5.41, 5.74) is 3.25. The Kier molecular flexibility index (Phi) is 19.7. The van der Waals surface area contributed by atoms with E-state index in [1.54, 1.807) is 55.4 Å². The largest absolute Gasteiger partial charge is 0.651 e. The maximum atomic E-state index is 12.9. The van der Waals surface area contributed by atoms with Gasteiger partial charge in [0.25, 0.3) is 47.3 Å². The van der Waals surface area contributed by atoms with Crippen LogP contribution in [0, 0.1) is 0 Å². The van der Waals surface area contributed by atoms with Crippen molar-refractivity contribution in [1.82, 2.24) is 19.6 Å². The molecule has 73 heavy (non-hydrogen) atoms. The van der Waals surface area contributed by atoms with Gasteiger partial charge in [0.15, 0.2) is 33.3 Å². The van der Waals surface area contributed by atoms with Gasteiger partial charge in [-0.2, -0.15) is 0 Å². The lowest BCUT2D eigenvalue weighted by Gasteiger charge is -2.40. The van der Waals surface area contributed by atoms with Gasteiger partial charge in [-0.25, -0.2) is 0 Å². The molecule has 5 aliphatic rings. The minimum absolute atomic E-state index is 0.132. The Morgan fingerprint density at radius 2 is 0.589 bits per heavy atom. The first-order valence-corrected chi connectivity index (χ1v) is 42.4. The summed E-state index contributed by atoms with van der Waals surface area (Å²) < 4.78 is 53.1. The van der Waals surface area contributed by atoms with Crippen LogP contribution >= 0.6 is 0 Å². The molecular weight excluding hydrogens is 1080 g/mol. The van der Waals surface area contributed by atoms with Crippen LogP contribution in [0.1, 0.15) is 81.1 Å². The topological polar surface area (TPSA) is 244 Å². The summed E-state index contributed by atoms with van der Waals surface area (Å²) in [6.07, 6.45) is 1.62.